The zero-order valence-electron chi connectivity index (χ0n) is 14.7. The third-order valence-electron chi connectivity index (χ3n) is 3.92. The predicted molar refractivity (Wildman–Crippen MR) is 96.8 cm³/mol. The van der Waals surface area contributed by atoms with Gasteiger partial charge in [0.15, 0.2) is 5.82 Å². The van der Waals surface area contributed by atoms with Crippen LogP contribution < -0.4 is 5.32 Å². The van der Waals surface area contributed by atoms with Crippen LogP contribution in [0, 0.1) is 0 Å². The molecule has 0 aliphatic carbocycles. The fraction of sp³-hybridized carbons (Fsp3) is 0.312. The van der Waals surface area contributed by atoms with Crippen molar-refractivity contribution >= 4 is 29.3 Å². The Morgan fingerprint density at radius 2 is 2.00 bits per heavy atom. The minimum Gasteiger partial charge on any atom is -0.480 e. The molecule has 3 aromatic rings. The van der Waals surface area contributed by atoms with Crippen molar-refractivity contribution < 1.29 is 14.7 Å². The van der Waals surface area contributed by atoms with E-state index >= 15 is 0 Å². The summed E-state index contributed by atoms with van der Waals surface area (Å²) in [6.45, 7) is 4.70. The van der Waals surface area contributed by atoms with E-state index in [0.29, 0.717) is 6.54 Å². The minimum atomic E-state index is -1.04. The molecule has 1 atom stereocenters. The molecule has 1 unspecified atom stereocenters. The van der Waals surface area contributed by atoms with E-state index in [4.69, 9.17) is 16.7 Å². The van der Waals surface area contributed by atoms with Gasteiger partial charge in [0, 0.05) is 30.7 Å². The molecule has 11 heteroatoms. The van der Waals surface area contributed by atoms with Crippen molar-refractivity contribution in [3.8, 4) is 0 Å². The number of carboxylic acids is 1. The van der Waals surface area contributed by atoms with E-state index in [1.165, 1.54) is 24.0 Å². The summed E-state index contributed by atoms with van der Waals surface area (Å²) in [5.41, 5.74) is 1.16. The number of carboxylic acid groups (broad SMARTS) is 1. The number of halogens is 1. The number of anilines is 1. The van der Waals surface area contributed by atoms with Gasteiger partial charge in [-0.25, -0.2) is 4.79 Å². The van der Waals surface area contributed by atoms with Crippen molar-refractivity contribution in [3.63, 3.8) is 0 Å². The van der Waals surface area contributed by atoms with Crippen LogP contribution in [0.25, 0.3) is 0 Å². The van der Waals surface area contributed by atoms with Crippen molar-refractivity contribution in [2.45, 2.75) is 33.0 Å². The zero-order chi connectivity index (χ0) is 19.6. The van der Waals surface area contributed by atoms with Crippen LogP contribution in [0.2, 0.25) is 5.02 Å². The van der Waals surface area contributed by atoms with Gasteiger partial charge in [0.05, 0.1) is 24.5 Å². The van der Waals surface area contributed by atoms with Gasteiger partial charge in [-0.05, 0) is 13.8 Å². The van der Waals surface area contributed by atoms with Crippen molar-refractivity contribution in [1.29, 1.82) is 0 Å². The number of aliphatic carboxylic acids is 1. The molecule has 0 aromatic carbocycles. The summed E-state index contributed by atoms with van der Waals surface area (Å²) in [6.07, 6.45) is 7.91. The van der Waals surface area contributed by atoms with E-state index in [9.17, 15) is 9.59 Å². The van der Waals surface area contributed by atoms with E-state index in [-0.39, 0.29) is 16.4 Å². The predicted octanol–water partition coefficient (Wildman–Crippen LogP) is 1.90. The molecule has 10 nitrogen and oxygen atoms in total. The van der Waals surface area contributed by atoms with Crippen LogP contribution >= 0.6 is 11.6 Å². The Labute approximate surface area is 159 Å². The first-order chi connectivity index (χ1) is 12.9. The minimum absolute atomic E-state index is 0.206. The number of amides is 1. The molecule has 3 rings (SSSR count). The number of carbonyl (C=O) groups excluding carboxylic acids is 1. The van der Waals surface area contributed by atoms with Crippen molar-refractivity contribution in [2.75, 3.05) is 5.32 Å². The van der Waals surface area contributed by atoms with Crippen LogP contribution in [0.15, 0.2) is 31.0 Å². The van der Waals surface area contributed by atoms with Crippen molar-refractivity contribution in [2.24, 2.45) is 0 Å². The molecule has 0 bridgehead atoms. The largest absolute Gasteiger partial charge is 0.480 e. The molecule has 0 saturated carbocycles. The quantitative estimate of drug-likeness (QED) is 0.634. The number of rotatable bonds is 7. The number of aryl methyl sites for hydroxylation is 1. The Hall–Kier alpha value is -3.14. The SMILES string of the molecule is CCn1cc(Cn2cc(Cl)c(NC(=O)c3cnn(C(C)C(=O)O)c3)n2)cn1. The highest BCUT2D eigenvalue weighted by molar-refractivity contribution is 6.33. The fourth-order valence-corrected chi connectivity index (χ4v) is 2.57. The van der Waals surface area contributed by atoms with Gasteiger partial charge < -0.3 is 10.4 Å². The summed E-state index contributed by atoms with van der Waals surface area (Å²) >= 11 is 6.15. The van der Waals surface area contributed by atoms with Crippen LogP contribution in [0.5, 0.6) is 0 Å². The lowest BCUT2D eigenvalue weighted by Gasteiger charge is -2.05. The Morgan fingerprint density at radius 3 is 2.67 bits per heavy atom. The number of carbonyl (C=O) groups is 2. The van der Waals surface area contributed by atoms with Gasteiger partial charge in [0.1, 0.15) is 11.1 Å². The first-order valence-electron chi connectivity index (χ1n) is 8.20. The second-order valence-electron chi connectivity index (χ2n) is 5.90. The smallest absolute Gasteiger partial charge is 0.328 e. The number of nitrogens with one attached hydrogen (secondary N) is 1. The van der Waals surface area contributed by atoms with Gasteiger partial charge in [-0.3, -0.25) is 18.8 Å². The topological polar surface area (TPSA) is 120 Å². The van der Waals surface area contributed by atoms with Gasteiger partial charge in [0.25, 0.3) is 5.91 Å². The Bertz CT molecular complexity index is 974. The molecule has 142 valence electrons. The third-order valence-corrected chi connectivity index (χ3v) is 4.20. The van der Waals surface area contributed by atoms with Gasteiger partial charge in [-0.2, -0.15) is 15.3 Å². The van der Waals surface area contributed by atoms with Gasteiger partial charge in [-0.1, -0.05) is 11.6 Å². The maximum Gasteiger partial charge on any atom is 0.328 e. The lowest BCUT2D eigenvalue weighted by atomic mass is 10.3. The Kier molecular flexibility index (Phi) is 5.26. The summed E-state index contributed by atoms with van der Waals surface area (Å²) < 4.78 is 4.60. The second kappa shape index (κ2) is 7.62. The van der Waals surface area contributed by atoms with E-state index in [2.05, 4.69) is 20.6 Å². The summed E-state index contributed by atoms with van der Waals surface area (Å²) in [5, 5.41) is 24.3. The molecule has 0 aliphatic heterocycles. The van der Waals surface area contributed by atoms with E-state index < -0.39 is 17.9 Å². The molecule has 0 spiro atoms. The van der Waals surface area contributed by atoms with E-state index in [1.54, 1.807) is 21.8 Å². The molecule has 0 fully saturated rings. The van der Waals surface area contributed by atoms with Crippen LogP contribution in [0.1, 0.15) is 35.8 Å². The monoisotopic (exact) mass is 391 g/mol. The second-order valence-corrected chi connectivity index (χ2v) is 6.31. The number of aromatic nitrogens is 6. The highest BCUT2D eigenvalue weighted by Crippen LogP contribution is 2.21. The summed E-state index contributed by atoms with van der Waals surface area (Å²) in [5.74, 6) is -1.31. The van der Waals surface area contributed by atoms with E-state index in [0.717, 1.165) is 12.1 Å². The molecule has 27 heavy (non-hydrogen) atoms. The lowest BCUT2D eigenvalue weighted by Crippen LogP contribution is -2.16. The average Bonchev–Trinajstić information content (AvgIpc) is 3.35. The Morgan fingerprint density at radius 1 is 1.22 bits per heavy atom. The van der Waals surface area contributed by atoms with E-state index in [1.807, 2.05) is 13.1 Å². The first-order valence-corrected chi connectivity index (χ1v) is 8.57. The molecule has 0 radical (unpaired) electrons. The van der Waals surface area contributed by atoms with Gasteiger partial charge in [-0.15, -0.1) is 0 Å². The molecule has 3 heterocycles. The maximum atomic E-state index is 12.3. The molecule has 2 N–H and O–H groups in total. The molecule has 1 amide bonds. The van der Waals surface area contributed by atoms with Crippen LogP contribution in [-0.4, -0.2) is 46.3 Å². The molecular formula is C16H18ClN7O3. The van der Waals surface area contributed by atoms with Gasteiger partial charge >= 0.3 is 5.97 Å². The average molecular weight is 392 g/mol. The number of hydrogen-bond acceptors (Lipinski definition) is 5. The van der Waals surface area contributed by atoms with Crippen molar-refractivity contribution in [3.05, 3.63) is 47.1 Å². The first kappa shape index (κ1) is 18.6. The summed E-state index contributed by atoms with van der Waals surface area (Å²) in [7, 11) is 0. The number of hydrogen-bond donors (Lipinski definition) is 2. The fourth-order valence-electron chi connectivity index (χ4n) is 2.37. The van der Waals surface area contributed by atoms with Crippen LogP contribution in [-0.2, 0) is 17.9 Å². The number of nitrogens with zero attached hydrogens (tertiary/aromatic N) is 6. The summed E-state index contributed by atoms with van der Waals surface area (Å²) in [4.78, 5) is 23.3. The third kappa shape index (κ3) is 4.17. The molecule has 0 aliphatic rings. The zero-order valence-corrected chi connectivity index (χ0v) is 15.5. The standard InChI is InChI=1S/C16H18ClN7O3/c1-3-22-6-11(4-18-22)7-23-9-13(17)14(21-23)20-15(25)12-5-19-24(8-12)10(2)16(26)27/h4-6,8-10H,3,7H2,1-2H3,(H,26,27)(H,20,21,25). The summed E-state index contributed by atoms with van der Waals surface area (Å²) in [6, 6.07) is -0.876. The van der Waals surface area contributed by atoms with Crippen LogP contribution in [0.3, 0.4) is 0 Å². The molecule has 3 aromatic heterocycles. The normalized spacial score (nSPS) is 12.1. The van der Waals surface area contributed by atoms with Crippen LogP contribution in [0.4, 0.5) is 5.82 Å². The molecule has 0 saturated heterocycles. The van der Waals surface area contributed by atoms with Gasteiger partial charge in [0.2, 0.25) is 0 Å². The maximum absolute atomic E-state index is 12.3. The Balaban J connectivity index is 1.69. The highest BCUT2D eigenvalue weighted by Gasteiger charge is 2.18. The highest BCUT2D eigenvalue weighted by atomic mass is 35.5. The van der Waals surface area contributed by atoms with Crippen molar-refractivity contribution in [1.82, 2.24) is 29.3 Å². The lowest BCUT2D eigenvalue weighted by molar-refractivity contribution is -0.140. The molecular weight excluding hydrogens is 374 g/mol.